The molecule has 0 spiro atoms. The van der Waals surface area contributed by atoms with Crippen molar-refractivity contribution in [2.45, 2.75) is 25.0 Å². The monoisotopic (exact) mass is 402 g/mol. The second-order valence-electron chi connectivity index (χ2n) is 7.63. The van der Waals surface area contributed by atoms with E-state index in [1.165, 1.54) is 0 Å². The third kappa shape index (κ3) is 3.89. The van der Waals surface area contributed by atoms with Crippen LogP contribution in [0.15, 0.2) is 78.9 Å². The SMILES string of the molecule is COc1ccc(C2C(CCC(O)c3ccccc3)C(=O)N2c2ccc(N)cc2)cc1. The van der Waals surface area contributed by atoms with E-state index in [0.29, 0.717) is 18.5 Å². The van der Waals surface area contributed by atoms with Crippen LogP contribution in [0.5, 0.6) is 5.75 Å². The molecule has 5 heteroatoms. The fourth-order valence-corrected chi connectivity index (χ4v) is 4.11. The minimum absolute atomic E-state index is 0.0702. The molecule has 5 nitrogen and oxygen atoms in total. The number of nitrogens with two attached hydrogens (primary N) is 1. The number of benzene rings is 3. The lowest BCUT2D eigenvalue weighted by Gasteiger charge is -2.48. The zero-order valence-electron chi connectivity index (χ0n) is 16.9. The number of hydrogen-bond donors (Lipinski definition) is 2. The number of nitrogens with zero attached hydrogens (tertiary/aromatic N) is 1. The lowest BCUT2D eigenvalue weighted by Crippen LogP contribution is -2.55. The van der Waals surface area contributed by atoms with Gasteiger partial charge in [0.2, 0.25) is 5.91 Å². The molecule has 1 aliphatic heterocycles. The summed E-state index contributed by atoms with van der Waals surface area (Å²) < 4.78 is 5.27. The van der Waals surface area contributed by atoms with Gasteiger partial charge in [0.05, 0.1) is 25.2 Å². The van der Waals surface area contributed by atoms with Crippen molar-refractivity contribution >= 4 is 17.3 Å². The topological polar surface area (TPSA) is 75.8 Å². The number of carbonyl (C=O) groups excluding carboxylic acids is 1. The summed E-state index contributed by atoms with van der Waals surface area (Å²) in [6.07, 6.45) is 0.556. The Kier molecular flexibility index (Phi) is 5.72. The van der Waals surface area contributed by atoms with Crippen LogP contribution in [0.2, 0.25) is 0 Å². The van der Waals surface area contributed by atoms with Crippen LogP contribution in [0.1, 0.15) is 36.1 Å². The minimum atomic E-state index is -0.582. The molecule has 0 saturated carbocycles. The first kappa shape index (κ1) is 20.0. The van der Waals surface area contributed by atoms with Gasteiger partial charge in [0.1, 0.15) is 5.75 Å². The highest BCUT2D eigenvalue weighted by atomic mass is 16.5. The molecule has 0 aliphatic carbocycles. The number of rotatable bonds is 7. The highest BCUT2D eigenvalue weighted by Gasteiger charge is 2.48. The van der Waals surface area contributed by atoms with Gasteiger partial charge < -0.3 is 20.5 Å². The summed E-state index contributed by atoms with van der Waals surface area (Å²) in [5, 5.41) is 10.6. The lowest BCUT2D eigenvalue weighted by molar-refractivity contribution is -0.131. The Morgan fingerprint density at radius 1 is 1.00 bits per heavy atom. The number of methoxy groups -OCH3 is 1. The van der Waals surface area contributed by atoms with Gasteiger partial charge in [-0.25, -0.2) is 0 Å². The molecule has 1 heterocycles. The Morgan fingerprint density at radius 2 is 1.67 bits per heavy atom. The van der Waals surface area contributed by atoms with E-state index in [0.717, 1.165) is 22.6 Å². The molecule has 3 aromatic rings. The molecule has 1 fully saturated rings. The van der Waals surface area contributed by atoms with Crippen molar-refractivity contribution in [2.24, 2.45) is 5.92 Å². The van der Waals surface area contributed by atoms with Gasteiger partial charge >= 0.3 is 0 Å². The molecule has 1 amide bonds. The predicted octanol–water partition coefficient (Wildman–Crippen LogP) is 4.50. The van der Waals surface area contributed by atoms with Crippen LogP contribution < -0.4 is 15.4 Å². The first-order chi connectivity index (χ1) is 14.6. The van der Waals surface area contributed by atoms with Crippen LogP contribution in [0, 0.1) is 5.92 Å². The van der Waals surface area contributed by atoms with Crippen molar-refractivity contribution < 1.29 is 14.6 Å². The van der Waals surface area contributed by atoms with E-state index in [-0.39, 0.29) is 17.9 Å². The van der Waals surface area contributed by atoms with E-state index in [2.05, 4.69) is 0 Å². The van der Waals surface area contributed by atoms with Crippen LogP contribution in [-0.4, -0.2) is 18.1 Å². The molecule has 0 radical (unpaired) electrons. The number of aliphatic hydroxyl groups is 1. The van der Waals surface area contributed by atoms with Gasteiger partial charge in [0.25, 0.3) is 0 Å². The van der Waals surface area contributed by atoms with Crippen LogP contribution in [0.25, 0.3) is 0 Å². The maximum atomic E-state index is 13.1. The smallest absolute Gasteiger partial charge is 0.233 e. The molecule has 1 saturated heterocycles. The van der Waals surface area contributed by atoms with E-state index in [1.54, 1.807) is 19.2 Å². The molecule has 3 atom stereocenters. The summed E-state index contributed by atoms with van der Waals surface area (Å²) in [5.74, 6) is 0.662. The second kappa shape index (κ2) is 8.59. The summed E-state index contributed by atoms with van der Waals surface area (Å²) in [6.45, 7) is 0. The summed E-state index contributed by atoms with van der Waals surface area (Å²) >= 11 is 0. The third-order valence-electron chi connectivity index (χ3n) is 5.78. The number of amides is 1. The number of β-lactam (4-membered cyclic amide) rings is 1. The highest BCUT2D eigenvalue weighted by Crippen LogP contribution is 2.46. The van der Waals surface area contributed by atoms with Gasteiger partial charge in [0, 0.05) is 11.4 Å². The van der Waals surface area contributed by atoms with Crippen molar-refractivity contribution in [3.05, 3.63) is 90.0 Å². The fourth-order valence-electron chi connectivity index (χ4n) is 4.11. The predicted molar refractivity (Wildman–Crippen MR) is 118 cm³/mol. The van der Waals surface area contributed by atoms with Crippen molar-refractivity contribution in [3.63, 3.8) is 0 Å². The van der Waals surface area contributed by atoms with Crippen LogP contribution in [-0.2, 0) is 4.79 Å². The number of anilines is 2. The second-order valence-corrected chi connectivity index (χ2v) is 7.63. The maximum absolute atomic E-state index is 13.1. The van der Waals surface area contributed by atoms with Crippen molar-refractivity contribution in [1.82, 2.24) is 0 Å². The van der Waals surface area contributed by atoms with Gasteiger partial charge in [-0.15, -0.1) is 0 Å². The van der Waals surface area contributed by atoms with Crippen molar-refractivity contribution in [3.8, 4) is 5.75 Å². The summed E-state index contributed by atoms with van der Waals surface area (Å²) in [4.78, 5) is 14.9. The Hall–Kier alpha value is -3.31. The number of ether oxygens (including phenoxy) is 1. The first-order valence-corrected chi connectivity index (χ1v) is 10.1. The third-order valence-corrected chi connectivity index (χ3v) is 5.78. The number of carbonyl (C=O) groups is 1. The van der Waals surface area contributed by atoms with Crippen molar-refractivity contribution in [1.29, 1.82) is 0 Å². The molecular formula is C25H26N2O3. The van der Waals surface area contributed by atoms with Crippen LogP contribution in [0.4, 0.5) is 11.4 Å². The van der Waals surface area contributed by atoms with Crippen molar-refractivity contribution in [2.75, 3.05) is 17.7 Å². The molecule has 154 valence electrons. The summed E-state index contributed by atoms with van der Waals surface area (Å²) in [7, 11) is 1.64. The average molecular weight is 402 g/mol. The van der Waals surface area contributed by atoms with Gasteiger partial charge in [-0.1, -0.05) is 42.5 Å². The van der Waals surface area contributed by atoms with Gasteiger partial charge in [-0.3, -0.25) is 4.79 Å². The Labute approximate surface area is 176 Å². The molecular weight excluding hydrogens is 376 g/mol. The lowest BCUT2D eigenvalue weighted by atomic mass is 9.78. The molecule has 3 N–H and O–H groups in total. The Morgan fingerprint density at radius 3 is 2.30 bits per heavy atom. The van der Waals surface area contributed by atoms with E-state index in [1.807, 2.05) is 71.6 Å². The fraction of sp³-hybridized carbons (Fsp3) is 0.240. The normalized spacial score (nSPS) is 19.3. The van der Waals surface area contributed by atoms with Gasteiger partial charge in [-0.2, -0.15) is 0 Å². The molecule has 3 unspecified atom stereocenters. The molecule has 0 aromatic heterocycles. The Balaban J connectivity index is 1.56. The molecule has 30 heavy (non-hydrogen) atoms. The zero-order chi connectivity index (χ0) is 21.1. The maximum Gasteiger partial charge on any atom is 0.233 e. The Bertz CT molecular complexity index is 987. The summed E-state index contributed by atoms with van der Waals surface area (Å²) in [5.41, 5.74) is 9.23. The average Bonchev–Trinajstić information content (AvgIpc) is 2.79. The van der Waals surface area contributed by atoms with E-state index >= 15 is 0 Å². The van der Waals surface area contributed by atoms with E-state index in [4.69, 9.17) is 10.5 Å². The molecule has 0 bridgehead atoms. The highest BCUT2D eigenvalue weighted by molar-refractivity contribution is 6.03. The van der Waals surface area contributed by atoms with Gasteiger partial charge in [-0.05, 0) is 60.4 Å². The summed E-state index contributed by atoms with van der Waals surface area (Å²) in [6, 6.07) is 24.7. The van der Waals surface area contributed by atoms with E-state index < -0.39 is 6.10 Å². The number of aliphatic hydroxyl groups excluding tert-OH is 1. The molecule has 1 aliphatic rings. The van der Waals surface area contributed by atoms with Crippen LogP contribution >= 0.6 is 0 Å². The van der Waals surface area contributed by atoms with Crippen LogP contribution in [0.3, 0.4) is 0 Å². The standard InChI is InChI=1S/C25H26N2O3/c1-30-21-13-7-18(8-14-21)24-22(15-16-23(28)17-5-3-2-4-6-17)25(29)27(24)20-11-9-19(26)10-12-20/h2-14,22-24,28H,15-16,26H2,1H3. The zero-order valence-corrected chi connectivity index (χ0v) is 16.9. The van der Waals surface area contributed by atoms with E-state index in [9.17, 15) is 9.90 Å². The van der Waals surface area contributed by atoms with Gasteiger partial charge in [0.15, 0.2) is 0 Å². The quantitative estimate of drug-likeness (QED) is 0.451. The number of hydrogen-bond acceptors (Lipinski definition) is 4. The molecule has 4 rings (SSSR count). The largest absolute Gasteiger partial charge is 0.497 e. The first-order valence-electron chi connectivity index (χ1n) is 10.1. The minimum Gasteiger partial charge on any atom is -0.497 e. The number of nitrogen functional groups attached to an aromatic ring is 1. The molecule has 3 aromatic carbocycles.